The van der Waals surface area contributed by atoms with E-state index in [0.29, 0.717) is 24.7 Å². The lowest BCUT2D eigenvalue weighted by Gasteiger charge is -2.24. The molecule has 0 saturated carbocycles. The summed E-state index contributed by atoms with van der Waals surface area (Å²) in [6.45, 7) is 1.22. The van der Waals surface area contributed by atoms with Crippen molar-refractivity contribution >= 4 is 21.6 Å². The fourth-order valence-corrected chi connectivity index (χ4v) is 4.30. The van der Waals surface area contributed by atoms with Gasteiger partial charge in [0.25, 0.3) is 10.0 Å². The SMILES string of the molecule is O=C(Cn1cnc(S(=O)(=O)N2CCOCC2)c1)Nc1cccc(-c2ccno2)c1. The van der Waals surface area contributed by atoms with Crippen molar-refractivity contribution in [2.24, 2.45) is 0 Å². The van der Waals surface area contributed by atoms with Crippen molar-refractivity contribution in [3.05, 3.63) is 49.1 Å². The highest BCUT2D eigenvalue weighted by molar-refractivity contribution is 7.89. The molecule has 1 N–H and O–H groups in total. The van der Waals surface area contributed by atoms with E-state index in [2.05, 4.69) is 15.5 Å². The molecule has 152 valence electrons. The average molecular weight is 417 g/mol. The number of nitrogens with zero attached hydrogens (tertiary/aromatic N) is 4. The van der Waals surface area contributed by atoms with Gasteiger partial charge in [0, 0.05) is 36.6 Å². The van der Waals surface area contributed by atoms with Crippen LogP contribution < -0.4 is 5.32 Å². The summed E-state index contributed by atoms with van der Waals surface area (Å²) in [6.07, 6.45) is 4.23. The van der Waals surface area contributed by atoms with Crippen LogP contribution in [0.15, 0.2) is 58.6 Å². The van der Waals surface area contributed by atoms with Crippen molar-refractivity contribution in [3.8, 4) is 11.3 Å². The highest BCUT2D eigenvalue weighted by Gasteiger charge is 2.28. The van der Waals surface area contributed by atoms with E-state index in [1.165, 1.54) is 21.4 Å². The maximum Gasteiger partial charge on any atom is 0.262 e. The van der Waals surface area contributed by atoms with Crippen molar-refractivity contribution in [3.63, 3.8) is 0 Å². The number of hydrogen-bond acceptors (Lipinski definition) is 7. The number of imidazole rings is 1. The fourth-order valence-electron chi connectivity index (χ4n) is 2.96. The number of rotatable bonds is 6. The van der Waals surface area contributed by atoms with Crippen LogP contribution in [-0.2, 0) is 26.1 Å². The first-order valence-corrected chi connectivity index (χ1v) is 10.4. The summed E-state index contributed by atoms with van der Waals surface area (Å²) in [5, 5.41) is 6.36. The summed E-state index contributed by atoms with van der Waals surface area (Å²) in [5.41, 5.74) is 1.37. The molecule has 1 amide bonds. The van der Waals surface area contributed by atoms with Gasteiger partial charge in [-0.1, -0.05) is 17.3 Å². The first-order valence-electron chi connectivity index (χ1n) is 8.93. The van der Waals surface area contributed by atoms with E-state index >= 15 is 0 Å². The minimum Gasteiger partial charge on any atom is -0.379 e. The molecular formula is C18H19N5O5S. The molecule has 1 saturated heterocycles. The molecule has 1 fully saturated rings. The summed E-state index contributed by atoms with van der Waals surface area (Å²) in [7, 11) is -3.69. The third-order valence-electron chi connectivity index (χ3n) is 4.38. The number of nitrogens with one attached hydrogen (secondary N) is 1. The highest BCUT2D eigenvalue weighted by atomic mass is 32.2. The van der Waals surface area contributed by atoms with Gasteiger partial charge >= 0.3 is 0 Å². The molecule has 2 aromatic heterocycles. The standard InChI is InChI=1S/C18H19N5O5S/c24-17(21-15-3-1-2-14(10-15)16-4-5-20-28-16)11-22-12-18(19-13-22)29(25,26)23-6-8-27-9-7-23/h1-5,10,12-13H,6-9,11H2,(H,21,24). The van der Waals surface area contributed by atoms with Crippen molar-refractivity contribution in [1.29, 1.82) is 0 Å². The molecule has 0 aliphatic carbocycles. The smallest absolute Gasteiger partial charge is 0.262 e. The van der Waals surface area contributed by atoms with Crippen molar-refractivity contribution in [1.82, 2.24) is 19.0 Å². The Kier molecular flexibility index (Phi) is 5.43. The molecule has 4 rings (SSSR count). The molecule has 1 aliphatic rings. The van der Waals surface area contributed by atoms with Gasteiger partial charge in [-0.3, -0.25) is 4.79 Å². The van der Waals surface area contributed by atoms with Gasteiger partial charge in [-0.25, -0.2) is 13.4 Å². The van der Waals surface area contributed by atoms with E-state index in [9.17, 15) is 13.2 Å². The number of sulfonamides is 1. The molecule has 3 aromatic rings. The number of anilines is 1. The number of carbonyl (C=O) groups excluding carboxylic acids is 1. The van der Waals surface area contributed by atoms with Crippen LogP contribution in [0, 0.1) is 0 Å². The Bertz CT molecular complexity index is 1090. The Morgan fingerprint density at radius 1 is 1.21 bits per heavy atom. The van der Waals surface area contributed by atoms with Crippen molar-refractivity contribution in [2.45, 2.75) is 11.6 Å². The van der Waals surface area contributed by atoms with Gasteiger partial charge < -0.3 is 19.1 Å². The maximum atomic E-state index is 12.6. The first kappa shape index (κ1) is 19.3. The number of hydrogen-bond donors (Lipinski definition) is 1. The summed E-state index contributed by atoms with van der Waals surface area (Å²) < 4.78 is 38.3. The Hall–Kier alpha value is -3.02. The van der Waals surface area contributed by atoms with Crippen LogP contribution >= 0.6 is 0 Å². The molecule has 11 heteroatoms. The molecule has 3 heterocycles. The highest BCUT2D eigenvalue weighted by Crippen LogP contribution is 2.22. The Morgan fingerprint density at radius 3 is 2.79 bits per heavy atom. The van der Waals surface area contributed by atoms with Crippen LogP contribution in [0.4, 0.5) is 5.69 Å². The molecular weight excluding hydrogens is 398 g/mol. The maximum absolute atomic E-state index is 12.6. The number of amides is 1. The third kappa shape index (κ3) is 4.36. The lowest BCUT2D eigenvalue weighted by atomic mass is 10.1. The number of aromatic nitrogens is 3. The molecule has 0 radical (unpaired) electrons. The predicted octanol–water partition coefficient (Wildman–Crippen LogP) is 1.20. The minimum absolute atomic E-state index is 0.0713. The van der Waals surface area contributed by atoms with E-state index in [4.69, 9.17) is 9.26 Å². The van der Waals surface area contributed by atoms with E-state index < -0.39 is 10.0 Å². The molecule has 1 aromatic carbocycles. The van der Waals surface area contributed by atoms with E-state index in [1.807, 2.05) is 6.07 Å². The summed E-state index contributed by atoms with van der Waals surface area (Å²) in [5.74, 6) is 0.279. The Morgan fingerprint density at radius 2 is 2.03 bits per heavy atom. The fraction of sp³-hybridized carbons (Fsp3) is 0.278. The summed E-state index contributed by atoms with van der Waals surface area (Å²) in [4.78, 5) is 16.3. The molecule has 1 aliphatic heterocycles. The van der Waals surface area contributed by atoms with Gasteiger partial charge in [0.05, 0.1) is 25.7 Å². The van der Waals surface area contributed by atoms with Gasteiger partial charge in [-0.2, -0.15) is 4.31 Å². The topological polar surface area (TPSA) is 120 Å². The molecule has 29 heavy (non-hydrogen) atoms. The number of benzene rings is 1. The van der Waals surface area contributed by atoms with Crippen molar-refractivity contribution in [2.75, 3.05) is 31.6 Å². The zero-order chi connectivity index (χ0) is 20.3. The zero-order valence-corrected chi connectivity index (χ0v) is 16.2. The Labute approximate surface area is 167 Å². The Balaban J connectivity index is 1.41. The molecule has 0 bridgehead atoms. The van der Waals surface area contributed by atoms with Gasteiger partial charge in [-0.05, 0) is 12.1 Å². The molecule has 0 spiro atoms. The van der Waals surface area contributed by atoms with E-state index in [-0.39, 0.29) is 30.6 Å². The molecule has 0 unspecified atom stereocenters. The van der Waals surface area contributed by atoms with Crippen LogP contribution in [-0.4, -0.2) is 59.6 Å². The number of morpholine rings is 1. The largest absolute Gasteiger partial charge is 0.379 e. The van der Waals surface area contributed by atoms with Gasteiger partial charge in [-0.15, -0.1) is 0 Å². The minimum atomic E-state index is -3.69. The third-order valence-corrected chi connectivity index (χ3v) is 6.16. The molecule has 10 nitrogen and oxygen atoms in total. The van der Waals surface area contributed by atoms with Crippen LogP contribution in [0.1, 0.15) is 0 Å². The molecule has 0 atom stereocenters. The first-order chi connectivity index (χ1) is 14.0. The van der Waals surface area contributed by atoms with Crippen LogP contribution in [0.25, 0.3) is 11.3 Å². The lowest BCUT2D eigenvalue weighted by Crippen LogP contribution is -2.40. The van der Waals surface area contributed by atoms with Crippen LogP contribution in [0.5, 0.6) is 0 Å². The van der Waals surface area contributed by atoms with Crippen LogP contribution in [0.2, 0.25) is 0 Å². The monoisotopic (exact) mass is 417 g/mol. The van der Waals surface area contributed by atoms with Gasteiger partial charge in [0.15, 0.2) is 10.8 Å². The van der Waals surface area contributed by atoms with Gasteiger partial charge in [0.1, 0.15) is 6.54 Å². The van der Waals surface area contributed by atoms with E-state index in [0.717, 1.165) is 5.56 Å². The number of carbonyl (C=O) groups is 1. The summed E-state index contributed by atoms with van der Waals surface area (Å²) in [6, 6.07) is 8.87. The lowest BCUT2D eigenvalue weighted by molar-refractivity contribution is -0.116. The van der Waals surface area contributed by atoms with Crippen molar-refractivity contribution < 1.29 is 22.5 Å². The van der Waals surface area contributed by atoms with Gasteiger partial charge in [0.2, 0.25) is 5.91 Å². The summed E-state index contributed by atoms with van der Waals surface area (Å²) >= 11 is 0. The quantitative estimate of drug-likeness (QED) is 0.640. The predicted molar refractivity (Wildman–Crippen MR) is 102 cm³/mol. The number of ether oxygens (including phenoxy) is 1. The average Bonchev–Trinajstić information content (AvgIpc) is 3.41. The van der Waals surface area contributed by atoms with E-state index in [1.54, 1.807) is 30.5 Å². The second-order valence-electron chi connectivity index (χ2n) is 6.41. The second kappa shape index (κ2) is 8.15. The normalized spacial score (nSPS) is 15.3. The van der Waals surface area contributed by atoms with Crippen LogP contribution in [0.3, 0.4) is 0 Å². The second-order valence-corrected chi connectivity index (χ2v) is 8.29. The zero-order valence-electron chi connectivity index (χ0n) is 15.4.